The molecular formula is C14H12ClIN4O. The van der Waals surface area contributed by atoms with E-state index in [9.17, 15) is 0 Å². The van der Waals surface area contributed by atoms with Crippen LogP contribution >= 0.6 is 34.2 Å². The Hall–Kier alpha value is -1.41. The van der Waals surface area contributed by atoms with Gasteiger partial charge in [-0.25, -0.2) is 9.97 Å². The van der Waals surface area contributed by atoms with Crippen molar-refractivity contribution in [1.29, 1.82) is 0 Å². The van der Waals surface area contributed by atoms with Gasteiger partial charge >= 0.3 is 0 Å². The van der Waals surface area contributed by atoms with Crippen LogP contribution in [0.1, 0.15) is 18.1 Å². The van der Waals surface area contributed by atoms with E-state index in [0.717, 1.165) is 9.26 Å². The second kappa shape index (κ2) is 5.76. The second-order valence-electron chi connectivity index (χ2n) is 4.45. The van der Waals surface area contributed by atoms with Gasteiger partial charge in [-0.05, 0) is 53.8 Å². The van der Waals surface area contributed by atoms with Crippen LogP contribution in [0.4, 0.5) is 0 Å². The first-order valence-electron chi connectivity index (χ1n) is 6.29. The van der Waals surface area contributed by atoms with Crippen molar-refractivity contribution in [3.63, 3.8) is 0 Å². The van der Waals surface area contributed by atoms with Crippen LogP contribution in [-0.2, 0) is 0 Å². The third kappa shape index (κ3) is 2.57. The van der Waals surface area contributed by atoms with Crippen molar-refractivity contribution in [2.24, 2.45) is 0 Å². The van der Waals surface area contributed by atoms with Crippen LogP contribution in [0.15, 0.2) is 30.6 Å². The minimum Gasteiger partial charge on any atom is -0.479 e. The Kier molecular flexibility index (Phi) is 3.99. The van der Waals surface area contributed by atoms with Crippen LogP contribution in [0.2, 0.25) is 0 Å². The Labute approximate surface area is 140 Å². The molecule has 0 fully saturated rings. The number of imidazole rings is 1. The highest BCUT2D eigenvalue weighted by Crippen LogP contribution is 2.30. The summed E-state index contributed by atoms with van der Waals surface area (Å²) in [6.07, 6.45) is 1.47. The van der Waals surface area contributed by atoms with E-state index >= 15 is 0 Å². The lowest BCUT2D eigenvalue weighted by Crippen LogP contribution is -2.02. The summed E-state index contributed by atoms with van der Waals surface area (Å²) < 4.78 is 8.36. The molecule has 5 nitrogen and oxygen atoms in total. The number of fused-ring (bicyclic) bond motifs is 1. The maximum Gasteiger partial charge on any atom is 0.245 e. The molecule has 3 rings (SSSR count). The zero-order valence-corrected chi connectivity index (χ0v) is 14.3. The molecule has 0 bridgehead atoms. The Bertz CT molecular complexity index is 786. The Morgan fingerprint density at radius 3 is 2.57 bits per heavy atom. The monoisotopic (exact) mass is 414 g/mol. The summed E-state index contributed by atoms with van der Waals surface area (Å²) in [5.74, 6) is 1.16. The van der Waals surface area contributed by atoms with E-state index in [1.54, 1.807) is 7.11 Å². The molecule has 2 aromatic heterocycles. The number of nitrogens with zero attached hydrogens (tertiary/aromatic N) is 4. The fourth-order valence-electron chi connectivity index (χ4n) is 2.15. The van der Waals surface area contributed by atoms with Crippen molar-refractivity contribution < 1.29 is 4.74 Å². The fourth-order valence-corrected chi connectivity index (χ4v) is 2.66. The van der Waals surface area contributed by atoms with Gasteiger partial charge in [-0.3, -0.25) is 4.57 Å². The van der Waals surface area contributed by atoms with Gasteiger partial charge in [-0.1, -0.05) is 0 Å². The Balaban J connectivity index is 2.33. The van der Waals surface area contributed by atoms with E-state index in [1.165, 1.54) is 6.33 Å². The van der Waals surface area contributed by atoms with Gasteiger partial charge in [0.1, 0.15) is 12.2 Å². The number of methoxy groups -OCH3 is 1. The van der Waals surface area contributed by atoms with E-state index in [-0.39, 0.29) is 5.38 Å². The Morgan fingerprint density at radius 1 is 1.24 bits per heavy atom. The van der Waals surface area contributed by atoms with Gasteiger partial charge in [0.25, 0.3) is 0 Å². The molecule has 0 saturated carbocycles. The lowest BCUT2D eigenvalue weighted by atomic mass is 10.3. The number of ether oxygens (including phenoxy) is 1. The molecule has 0 amide bonds. The van der Waals surface area contributed by atoms with Crippen LogP contribution < -0.4 is 4.74 Å². The number of rotatable bonds is 3. The molecule has 1 unspecified atom stereocenters. The zero-order valence-electron chi connectivity index (χ0n) is 11.4. The number of aromatic nitrogens is 4. The van der Waals surface area contributed by atoms with Crippen LogP contribution in [-0.4, -0.2) is 26.6 Å². The first kappa shape index (κ1) is 14.5. The molecule has 0 aliphatic heterocycles. The van der Waals surface area contributed by atoms with E-state index in [4.69, 9.17) is 16.3 Å². The number of alkyl halides is 1. The summed E-state index contributed by atoms with van der Waals surface area (Å²) in [7, 11) is 1.56. The number of benzene rings is 1. The molecular weight excluding hydrogens is 403 g/mol. The second-order valence-corrected chi connectivity index (χ2v) is 6.35. The molecule has 0 aliphatic carbocycles. The number of halogens is 2. The van der Waals surface area contributed by atoms with Crippen molar-refractivity contribution in [3.8, 4) is 11.6 Å². The third-order valence-corrected chi connectivity index (χ3v) is 3.98. The summed E-state index contributed by atoms with van der Waals surface area (Å²) in [6, 6.07) is 8.09. The largest absolute Gasteiger partial charge is 0.479 e. The molecule has 0 radical (unpaired) electrons. The molecule has 2 heterocycles. The number of hydrogen-bond acceptors (Lipinski definition) is 4. The summed E-state index contributed by atoms with van der Waals surface area (Å²) in [5.41, 5.74) is 2.26. The van der Waals surface area contributed by atoms with Crippen molar-refractivity contribution in [1.82, 2.24) is 19.5 Å². The normalized spacial score (nSPS) is 12.6. The molecule has 1 aromatic carbocycles. The maximum absolute atomic E-state index is 6.28. The predicted octanol–water partition coefficient (Wildman–Crippen LogP) is 3.73. The van der Waals surface area contributed by atoms with Crippen LogP contribution in [0.25, 0.3) is 16.9 Å². The van der Waals surface area contributed by atoms with Gasteiger partial charge in [-0.15, -0.1) is 11.6 Å². The van der Waals surface area contributed by atoms with E-state index in [1.807, 2.05) is 35.8 Å². The average molecular weight is 415 g/mol. The quantitative estimate of drug-likeness (QED) is 0.484. The lowest BCUT2D eigenvalue weighted by Gasteiger charge is -2.09. The SMILES string of the molecule is COc1ncnc2c1nc(C(C)Cl)n2-c1ccc(I)cc1. The van der Waals surface area contributed by atoms with Crippen LogP contribution in [0.3, 0.4) is 0 Å². The van der Waals surface area contributed by atoms with Gasteiger partial charge in [0.2, 0.25) is 5.88 Å². The van der Waals surface area contributed by atoms with Crippen molar-refractivity contribution in [2.75, 3.05) is 7.11 Å². The summed E-state index contributed by atoms with van der Waals surface area (Å²) in [6.45, 7) is 1.88. The third-order valence-electron chi connectivity index (χ3n) is 3.07. The molecule has 3 aromatic rings. The maximum atomic E-state index is 6.28. The lowest BCUT2D eigenvalue weighted by molar-refractivity contribution is 0.401. The smallest absolute Gasteiger partial charge is 0.245 e. The van der Waals surface area contributed by atoms with Gasteiger partial charge in [-0.2, -0.15) is 4.98 Å². The van der Waals surface area contributed by atoms with E-state index in [0.29, 0.717) is 22.9 Å². The first-order valence-corrected chi connectivity index (χ1v) is 7.80. The van der Waals surface area contributed by atoms with Gasteiger partial charge in [0.05, 0.1) is 12.5 Å². The fraction of sp³-hybridized carbons (Fsp3) is 0.214. The molecule has 108 valence electrons. The molecule has 0 N–H and O–H groups in total. The zero-order chi connectivity index (χ0) is 15.0. The Morgan fingerprint density at radius 2 is 1.95 bits per heavy atom. The highest BCUT2D eigenvalue weighted by atomic mass is 127. The van der Waals surface area contributed by atoms with Crippen LogP contribution in [0, 0.1) is 3.57 Å². The summed E-state index contributed by atoms with van der Waals surface area (Å²) >= 11 is 8.55. The average Bonchev–Trinajstić information content (AvgIpc) is 2.87. The van der Waals surface area contributed by atoms with Gasteiger partial charge in [0.15, 0.2) is 11.2 Å². The predicted molar refractivity (Wildman–Crippen MR) is 90.2 cm³/mol. The molecule has 0 spiro atoms. The highest BCUT2D eigenvalue weighted by molar-refractivity contribution is 14.1. The van der Waals surface area contributed by atoms with E-state index in [2.05, 4.69) is 37.5 Å². The highest BCUT2D eigenvalue weighted by Gasteiger charge is 2.20. The van der Waals surface area contributed by atoms with Crippen molar-refractivity contribution >= 4 is 45.4 Å². The van der Waals surface area contributed by atoms with Crippen LogP contribution in [0.5, 0.6) is 5.88 Å². The standard InChI is InChI=1S/C14H12ClIN4O/c1-8(15)12-19-11-13(17-7-18-14(11)21-2)20(12)10-5-3-9(16)4-6-10/h3-8H,1-2H3. The summed E-state index contributed by atoms with van der Waals surface area (Å²) in [4.78, 5) is 13.0. The molecule has 0 saturated heterocycles. The molecule has 0 aliphatic rings. The van der Waals surface area contributed by atoms with Crippen molar-refractivity contribution in [2.45, 2.75) is 12.3 Å². The number of hydrogen-bond donors (Lipinski definition) is 0. The topological polar surface area (TPSA) is 52.8 Å². The van der Waals surface area contributed by atoms with E-state index < -0.39 is 0 Å². The van der Waals surface area contributed by atoms with Crippen molar-refractivity contribution in [3.05, 3.63) is 40.0 Å². The minimum atomic E-state index is -0.261. The summed E-state index contributed by atoms with van der Waals surface area (Å²) in [5, 5.41) is -0.261. The minimum absolute atomic E-state index is 0.261. The van der Waals surface area contributed by atoms with Gasteiger partial charge in [0, 0.05) is 9.26 Å². The molecule has 7 heteroatoms. The first-order chi connectivity index (χ1) is 10.1. The van der Waals surface area contributed by atoms with Gasteiger partial charge < -0.3 is 4.74 Å². The molecule has 1 atom stereocenters. The molecule has 21 heavy (non-hydrogen) atoms.